The number of rotatable bonds is 7. The summed E-state index contributed by atoms with van der Waals surface area (Å²) in [4.78, 5) is 32.1. The topological polar surface area (TPSA) is 75.4 Å². The quantitative estimate of drug-likeness (QED) is 0.797. The number of likely N-dealkylation sites (tertiary alicyclic amines) is 1. The van der Waals surface area contributed by atoms with Crippen molar-refractivity contribution in [3.05, 3.63) is 53.2 Å². The molecule has 1 fully saturated rings. The van der Waals surface area contributed by atoms with Crippen LogP contribution in [0.25, 0.3) is 0 Å². The fraction of sp³-hybridized carbons (Fsp3) is 0.500. The lowest BCUT2D eigenvalue weighted by Gasteiger charge is -2.24. The molecule has 1 atom stereocenters. The summed E-state index contributed by atoms with van der Waals surface area (Å²) < 4.78 is 5.70. The molecule has 2 heterocycles. The molecule has 1 saturated heterocycles. The summed E-state index contributed by atoms with van der Waals surface area (Å²) in [5, 5.41) is 2.90. The predicted molar refractivity (Wildman–Crippen MR) is 107 cm³/mol. The van der Waals surface area contributed by atoms with E-state index in [9.17, 15) is 9.59 Å². The van der Waals surface area contributed by atoms with Gasteiger partial charge in [-0.2, -0.15) is 0 Å². The van der Waals surface area contributed by atoms with Crippen molar-refractivity contribution in [1.29, 1.82) is 0 Å². The maximum atomic E-state index is 13.0. The molecule has 0 unspecified atom stereocenters. The molecule has 1 aliphatic rings. The molecule has 1 N–H and O–H groups in total. The smallest absolute Gasteiger partial charge is 0.289 e. The second-order valence-corrected chi connectivity index (χ2v) is 7.87. The molecule has 1 aromatic carbocycles. The van der Waals surface area contributed by atoms with Crippen molar-refractivity contribution in [1.82, 2.24) is 15.2 Å². The molecule has 2 amide bonds. The zero-order valence-corrected chi connectivity index (χ0v) is 16.9. The lowest BCUT2D eigenvalue weighted by molar-refractivity contribution is -0.132. The Hall–Kier alpha value is -2.63. The van der Waals surface area contributed by atoms with Gasteiger partial charge in [0.15, 0.2) is 5.89 Å². The molecule has 6 heteroatoms. The molecule has 3 rings (SSSR count). The number of oxazole rings is 1. The van der Waals surface area contributed by atoms with E-state index in [0.717, 1.165) is 31.5 Å². The van der Waals surface area contributed by atoms with Crippen molar-refractivity contribution >= 4 is 11.8 Å². The minimum absolute atomic E-state index is 0.0331. The Labute approximate surface area is 166 Å². The summed E-state index contributed by atoms with van der Waals surface area (Å²) in [5.74, 6) is 0.727. The van der Waals surface area contributed by atoms with Gasteiger partial charge in [0.2, 0.25) is 11.7 Å². The van der Waals surface area contributed by atoms with Crippen molar-refractivity contribution in [2.75, 3.05) is 13.1 Å². The lowest BCUT2D eigenvalue weighted by atomic mass is 10.0. The Bertz CT molecular complexity index is 808. The van der Waals surface area contributed by atoms with Gasteiger partial charge >= 0.3 is 0 Å². The van der Waals surface area contributed by atoms with Crippen LogP contribution < -0.4 is 5.32 Å². The van der Waals surface area contributed by atoms with Crippen LogP contribution in [0.1, 0.15) is 54.4 Å². The molecule has 0 spiro atoms. The van der Waals surface area contributed by atoms with Crippen molar-refractivity contribution in [3.63, 3.8) is 0 Å². The van der Waals surface area contributed by atoms with Crippen molar-refractivity contribution in [2.24, 2.45) is 5.92 Å². The molecule has 150 valence electrons. The summed E-state index contributed by atoms with van der Waals surface area (Å²) in [6, 6.07) is 9.13. The van der Waals surface area contributed by atoms with Gasteiger partial charge in [0.1, 0.15) is 6.04 Å². The third kappa shape index (κ3) is 5.00. The Morgan fingerprint density at radius 1 is 1.14 bits per heavy atom. The average Bonchev–Trinajstić information content (AvgIpc) is 3.31. The van der Waals surface area contributed by atoms with E-state index in [1.165, 1.54) is 0 Å². The molecule has 0 saturated carbocycles. The van der Waals surface area contributed by atoms with Crippen LogP contribution in [-0.2, 0) is 17.6 Å². The van der Waals surface area contributed by atoms with Gasteiger partial charge in [-0.05, 0) is 31.2 Å². The van der Waals surface area contributed by atoms with Crippen LogP contribution in [0.15, 0.2) is 34.7 Å². The van der Waals surface area contributed by atoms with Gasteiger partial charge in [-0.1, -0.05) is 44.2 Å². The fourth-order valence-electron chi connectivity index (χ4n) is 3.53. The first-order chi connectivity index (χ1) is 13.4. The van der Waals surface area contributed by atoms with Crippen LogP contribution in [0.2, 0.25) is 0 Å². The predicted octanol–water partition coefficient (Wildman–Crippen LogP) is 3.15. The van der Waals surface area contributed by atoms with E-state index in [1.54, 1.807) is 6.92 Å². The number of hydrogen-bond donors (Lipinski definition) is 1. The van der Waals surface area contributed by atoms with Crippen LogP contribution in [0.3, 0.4) is 0 Å². The fourth-order valence-corrected chi connectivity index (χ4v) is 3.53. The normalized spacial score (nSPS) is 15.1. The molecular weight excluding hydrogens is 354 g/mol. The zero-order valence-electron chi connectivity index (χ0n) is 16.9. The molecule has 2 aromatic rings. The number of amides is 2. The van der Waals surface area contributed by atoms with Crippen LogP contribution in [0.5, 0.6) is 0 Å². The van der Waals surface area contributed by atoms with Gasteiger partial charge in [0, 0.05) is 25.9 Å². The minimum atomic E-state index is -0.619. The number of aryl methyl sites for hydroxylation is 1. The monoisotopic (exact) mass is 383 g/mol. The van der Waals surface area contributed by atoms with Gasteiger partial charge in [-0.25, -0.2) is 4.98 Å². The number of hydrogen-bond acceptors (Lipinski definition) is 4. The van der Waals surface area contributed by atoms with E-state index in [2.05, 4.69) is 24.1 Å². The molecule has 0 bridgehead atoms. The van der Waals surface area contributed by atoms with E-state index >= 15 is 0 Å². The summed E-state index contributed by atoms with van der Waals surface area (Å²) in [5.41, 5.74) is 1.57. The Morgan fingerprint density at radius 3 is 2.46 bits per heavy atom. The SMILES string of the molecule is Cc1nc(CC(C)C)oc1C(=O)N[C@@H](Cc1ccccc1)C(=O)N1CCCC1. The first kappa shape index (κ1) is 20.1. The second kappa shape index (κ2) is 9.04. The van der Waals surface area contributed by atoms with Gasteiger partial charge in [-0.3, -0.25) is 9.59 Å². The van der Waals surface area contributed by atoms with Crippen LogP contribution in [-0.4, -0.2) is 40.8 Å². The number of nitrogens with one attached hydrogen (secondary N) is 1. The van der Waals surface area contributed by atoms with E-state index < -0.39 is 6.04 Å². The minimum Gasteiger partial charge on any atom is -0.435 e. The standard InChI is InChI=1S/C22H29N3O3/c1-15(2)13-19-23-16(3)20(28-19)21(26)24-18(14-17-9-5-4-6-10-17)22(27)25-11-7-8-12-25/h4-6,9-10,15,18H,7-8,11-14H2,1-3H3,(H,24,26)/t18-/m0/s1. The number of aromatic nitrogens is 1. The van der Waals surface area contributed by atoms with Crippen molar-refractivity contribution < 1.29 is 14.0 Å². The molecule has 0 radical (unpaired) electrons. The van der Waals surface area contributed by atoms with Crippen molar-refractivity contribution in [2.45, 2.75) is 52.5 Å². The number of carbonyl (C=O) groups is 2. The largest absolute Gasteiger partial charge is 0.435 e. The van der Waals surface area contributed by atoms with Crippen LogP contribution >= 0.6 is 0 Å². The van der Waals surface area contributed by atoms with E-state index in [4.69, 9.17) is 4.42 Å². The average molecular weight is 383 g/mol. The van der Waals surface area contributed by atoms with E-state index in [0.29, 0.717) is 30.3 Å². The molecular formula is C22H29N3O3. The highest BCUT2D eigenvalue weighted by atomic mass is 16.4. The molecule has 0 aliphatic carbocycles. The van der Waals surface area contributed by atoms with Gasteiger partial charge < -0.3 is 14.6 Å². The Kier molecular flexibility index (Phi) is 6.49. The van der Waals surface area contributed by atoms with Gasteiger partial charge in [0.25, 0.3) is 5.91 Å². The number of nitrogens with zero attached hydrogens (tertiary/aromatic N) is 2. The third-order valence-corrected chi connectivity index (χ3v) is 4.93. The second-order valence-electron chi connectivity index (χ2n) is 7.87. The highest BCUT2D eigenvalue weighted by Crippen LogP contribution is 2.16. The molecule has 1 aliphatic heterocycles. The first-order valence-electron chi connectivity index (χ1n) is 10.0. The third-order valence-electron chi connectivity index (χ3n) is 4.93. The summed E-state index contributed by atoms with van der Waals surface area (Å²) in [6.07, 6.45) is 3.15. The van der Waals surface area contributed by atoms with E-state index in [-0.39, 0.29) is 17.6 Å². The highest BCUT2D eigenvalue weighted by Gasteiger charge is 2.30. The Morgan fingerprint density at radius 2 is 1.82 bits per heavy atom. The van der Waals surface area contributed by atoms with Gasteiger partial charge in [-0.15, -0.1) is 0 Å². The summed E-state index contributed by atoms with van der Waals surface area (Å²) >= 11 is 0. The maximum Gasteiger partial charge on any atom is 0.289 e. The zero-order chi connectivity index (χ0) is 20.1. The summed E-state index contributed by atoms with van der Waals surface area (Å²) in [7, 11) is 0. The van der Waals surface area contributed by atoms with E-state index in [1.807, 2.05) is 35.2 Å². The molecule has 1 aromatic heterocycles. The highest BCUT2D eigenvalue weighted by molar-refractivity contribution is 5.96. The van der Waals surface area contributed by atoms with Crippen molar-refractivity contribution in [3.8, 4) is 0 Å². The van der Waals surface area contributed by atoms with Crippen LogP contribution in [0, 0.1) is 12.8 Å². The number of benzene rings is 1. The molecule has 6 nitrogen and oxygen atoms in total. The maximum absolute atomic E-state index is 13.0. The number of carbonyl (C=O) groups excluding carboxylic acids is 2. The van der Waals surface area contributed by atoms with Crippen LogP contribution in [0.4, 0.5) is 0 Å². The van der Waals surface area contributed by atoms with Gasteiger partial charge in [0.05, 0.1) is 5.69 Å². The molecule has 28 heavy (non-hydrogen) atoms. The summed E-state index contributed by atoms with van der Waals surface area (Å²) in [6.45, 7) is 7.41. The lowest BCUT2D eigenvalue weighted by Crippen LogP contribution is -2.49. The first-order valence-corrected chi connectivity index (χ1v) is 10.0. The Balaban J connectivity index is 1.77.